The molecule has 0 aliphatic carbocycles. The fraction of sp³-hybridized carbons (Fsp3) is 0.200. The van der Waals surface area contributed by atoms with Crippen molar-refractivity contribution in [2.24, 2.45) is 7.05 Å². The van der Waals surface area contributed by atoms with Crippen LogP contribution in [0.15, 0.2) is 18.3 Å². The minimum absolute atomic E-state index is 0.175. The molecule has 17 heavy (non-hydrogen) atoms. The van der Waals surface area contributed by atoms with Crippen LogP contribution in [-0.4, -0.2) is 20.6 Å². The fourth-order valence-electron chi connectivity index (χ4n) is 1.73. The lowest BCUT2D eigenvalue weighted by Gasteiger charge is -2.03. The number of amidine groups is 1. The maximum Gasteiger partial charge on any atom is 0.278 e. The van der Waals surface area contributed by atoms with E-state index in [1.165, 1.54) is 29.9 Å². The van der Waals surface area contributed by atoms with Crippen LogP contribution in [0.5, 0.6) is 0 Å². The first-order valence-corrected chi connectivity index (χ1v) is 4.77. The highest BCUT2D eigenvalue weighted by Gasteiger charge is 2.18. The Balaban J connectivity index is 2.73. The first-order chi connectivity index (χ1) is 8.06. The summed E-state index contributed by atoms with van der Waals surface area (Å²) in [5, 5.41) is 16.5. The summed E-state index contributed by atoms with van der Waals surface area (Å²) in [7, 11) is 1.48. The first kappa shape index (κ1) is 11.5. The van der Waals surface area contributed by atoms with Crippen LogP contribution >= 0.6 is 0 Å². The van der Waals surface area contributed by atoms with Gasteiger partial charge in [-0.05, 0) is 12.1 Å². The van der Waals surface area contributed by atoms with Crippen molar-refractivity contribution in [2.75, 3.05) is 0 Å². The molecule has 0 atom stereocenters. The molecule has 0 spiro atoms. The van der Waals surface area contributed by atoms with Crippen molar-refractivity contribution in [3.8, 4) is 0 Å². The average molecular weight is 240 g/mol. The van der Waals surface area contributed by atoms with E-state index in [0.717, 1.165) is 0 Å². The Bertz CT molecular complexity index is 579. The Morgan fingerprint density at radius 3 is 2.88 bits per heavy atom. The lowest BCUT2D eigenvalue weighted by Crippen LogP contribution is -2.18. The van der Waals surface area contributed by atoms with Crippen molar-refractivity contribution in [1.82, 2.24) is 15.0 Å². The Morgan fingerprint density at radius 1 is 1.59 bits per heavy atom. The molecule has 0 radical (unpaired) electrons. The predicted molar refractivity (Wildman–Crippen MR) is 57.4 cm³/mol. The lowest BCUT2D eigenvalue weighted by atomic mass is 10.1. The molecule has 3 N–H and O–H groups in total. The SMILES string of the molecule is Cn1c(C(F)F)cc2c(C(=N)NO)ccnc21. The van der Waals surface area contributed by atoms with E-state index in [9.17, 15) is 8.78 Å². The van der Waals surface area contributed by atoms with Gasteiger partial charge in [0.05, 0.1) is 5.69 Å². The summed E-state index contributed by atoms with van der Waals surface area (Å²) in [5.74, 6) is -0.260. The molecule has 0 saturated carbocycles. The number of fused-ring (bicyclic) bond motifs is 1. The molecule has 2 rings (SSSR count). The molecular formula is C10H10F2N4O. The van der Waals surface area contributed by atoms with Crippen LogP contribution in [0.25, 0.3) is 11.0 Å². The van der Waals surface area contributed by atoms with E-state index in [1.807, 2.05) is 0 Å². The highest BCUT2D eigenvalue weighted by Crippen LogP contribution is 2.27. The van der Waals surface area contributed by atoms with Crippen molar-refractivity contribution < 1.29 is 14.0 Å². The zero-order chi connectivity index (χ0) is 12.6. The van der Waals surface area contributed by atoms with Gasteiger partial charge in [-0.25, -0.2) is 13.8 Å². The smallest absolute Gasteiger partial charge is 0.278 e. The number of hydrogen-bond acceptors (Lipinski definition) is 3. The molecule has 2 heterocycles. The van der Waals surface area contributed by atoms with Crippen LogP contribution in [0, 0.1) is 5.41 Å². The van der Waals surface area contributed by atoms with Gasteiger partial charge >= 0.3 is 0 Å². The van der Waals surface area contributed by atoms with Gasteiger partial charge in [0, 0.05) is 24.2 Å². The van der Waals surface area contributed by atoms with Crippen molar-refractivity contribution in [1.29, 1.82) is 5.41 Å². The van der Waals surface area contributed by atoms with Crippen LogP contribution in [0.1, 0.15) is 17.7 Å². The van der Waals surface area contributed by atoms with E-state index in [4.69, 9.17) is 10.6 Å². The highest BCUT2D eigenvalue weighted by molar-refractivity contribution is 6.06. The standard InChI is InChI=1S/C10H10F2N4O/c1-16-7(8(11)12)4-6-5(9(13)15-17)2-3-14-10(6)16/h2-4,8,17H,1H3,(H2,13,15). The normalized spacial score (nSPS) is 11.1. The molecule has 2 aromatic heterocycles. The molecule has 0 amide bonds. The molecule has 0 fully saturated rings. The second-order valence-corrected chi connectivity index (χ2v) is 3.51. The fourth-order valence-corrected chi connectivity index (χ4v) is 1.73. The summed E-state index contributed by atoms with van der Waals surface area (Å²) in [5.41, 5.74) is 2.18. The zero-order valence-electron chi connectivity index (χ0n) is 8.91. The van der Waals surface area contributed by atoms with Gasteiger partial charge in [-0.2, -0.15) is 0 Å². The molecule has 0 aliphatic heterocycles. The third-order valence-corrected chi connectivity index (χ3v) is 2.57. The number of nitrogens with one attached hydrogen (secondary N) is 2. The Morgan fingerprint density at radius 2 is 2.29 bits per heavy atom. The van der Waals surface area contributed by atoms with E-state index in [-0.39, 0.29) is 11.5 Å². The Hall–Kier alpha value is -2.02. The van der Waals surface area contributed by atoms with Gasteiger partial charge in [-0.3, -0.25) is 16.1 Å². The van der Waals surface area contributed by atoms with E-state index in [0.29, 0.717) is 16.6 Å². The summed E-state index contributed by atoms with van der Waals surface area (Å²) >= 11 is 0. The minimum atomic E-state index is -2.61. The molecule has 7 heteroatoms. The molecule has 0 aromatic carbocycles. The van der Waals surface area contributed by atoms with Crippen LogP contribution in [0.4, 0.5) is 8.78 Å². The maximum absolute atomic E-state index is 12.7. The Labute approximate surface area is 95.2 Å². The van der Waals surface area contributed by atoms with Crippen molar-refractivity contribution in [2.45, 2.75) is 6.43 Å². The molecule has 2 aromatic rings. The summed E-state index contributed by atoms with van der Waals surface area (Å²) in [6, 6.07) is 2.75. The zero-order valence-corrected chi connectivity index (χ0v) is 8.91. The number of rotatable bonds is 2. The number of hydroxylamine groups is 1. The second-order valence-electron chi connectivity index (χ2n) is 3.51. The number of hydrogen-bond donors (Lipinski definition) is 3. The second kappa shape index (κ2) is 4.10. The molecule has 5 nitrogen and oxygen atoms in total. The van der Waals surface area contributed by atoms with Gasteiger partial charge in [0.2, 0.25) is 0 Å². The minimum Gasteiger partial charge on any atom is -0.328 e. The quantitative estimate of drug-likeness (QED) is 0.426. The summed E-state index contributed by atoms with van der Waals surface area (Å²) in [6.07, 6.45) is -1.21. The highest BCUT2D eigenvalue weighted by atomic mass is 19.3. The van der Waals surface area contributed by atoms with Gasteiger partial charge in [0.1, 0.15) is 11.5 Å². The van der Waals surface area contributed by atoms with Gasteiger partial charge < -0.3 is 4.57 Å². The monoisotopic (exact) mass is 240 g/mol. The molecule has 0 bridgehead atoms. The van der Waals surface area contributed by atoms with E-state index in [1.54, 1.807) is 5.48 Å². The van der Waals surface area contributed by atoms with Gasteiger partial charge in [0.15, 0.2) is 0 Å². The molecule has 90 valence electrons. The van der Waals surface area contributed by atoms with Crippen LogP contribution < -0.4 is 5.48 Å². The summed E-state index contributed by atoms with van der Waals surface area (Å²) in [4.78, 5) is 3.98. The van der Waals surface area contributed by atoms with Crippen LogP contribution in [0.3, 0.4) is 0 Å². The largest absolute Gasteiger partial charge is 0.328 e. The molecule has 0 aliphatic rings. The van der Waals surface area contributed by atoms with Crippen molar-refractivity contribution in [3.05, 3.63) is 29.6 Å². The number of alkyl halides is 2. The van der Waals surface area contributed by atoms with Crippen molar-refractivity contribution >= 4 is 16.9 Å². The number of aromatic nitrogens is 2. The van der Waals surface area contributed by atoms with Crippen LogP contribution in [0.2, 0.25) is 0 Å². The predicted octanol–water partition coefficient (Wildman–Crippen LogP) is 1.82. The molecule has 0 saturated heterocycles. The number of aryl methyl sites for hydroxylation is 1. The maximum atomic E-state index is 12.7. The number of nitrogens with zero attached hydrogens (tertiary/aromatic N) is 2. The van der Waals surface area contributed by atoms with E-state index in [2.05, 4.69) is 4.98 Å². The van der Waals surface area contributed by atoms with Gasteiger partial charge in [-0.1, -0.05) is 0 Å². The molecular weight excluding hydrogens is 230 g/mol. The van der Waals surface area contributed by atoms with Gasteiger partial charge in [0.25, 0.3) is 6.43 Å². The molecule has 0 unspecified atom stereocenters. The van der Waals surface area contributed by atoms with E-state index >= 15 is 0 Å². The number of pyridine rings is 1. The van der Waals surface area contributed by atoms with Gasteiger partial charge in [-0.15, -0.1) is 0 Å². The first-order valence-electron chi connectivity index (χ1n) is 4.77. The van der Waals surface area contributed by atoms with Crippen LogP contribution in [-0.2, 0) is 7.05 Å². The van der Waals surface area contributed by atoms with Crippen molar-refractivity contribution in [3.63, 3.8) is 0 Å². The Kier molecular flexibility index (Phi) is 2.76. The topological polar surface area (TPSA) is 73.9 Å². The third kappa shape index (κ3) is 1.74. The number of halogens is 2. The third-order valence-electron chi connectivity index (χ3n) is 2.57. The average Bonchev–Trinajstić information content (AvgIpc) is 2.66. The summed E-state index contributed by atoms with van der Waals surface area (Å²) < 4.78 is 26.7. The summed E-state index contributed by atoms with van der Waals surface area (Å²) in [6.45, 7) is 0. The lowest BCUT2D eigenvalue weighted by molar-refractivity contribution is 0.143. The van der Waals surface area contributed by atoms with E-state index < -0.39 is 6.43 Å².